The zero-order valence-electron chi connectivity index (χ0n) is 15.2. The van der Waals surface area contributed by atoms with E-state index >= 15 is 0 Å². The summed E-state index contributed by atoms with van der Waals surface area (Å²) in [4.78, 5) is 17.1. The molecule has 1 atom stereocenters. The van der Waals surface area contributed by atoms with Crippen LogP contribution in [0.2, 0.25) is 0 Å². The first-order valence-electron chi connectivity index (χ1n) is 9.36. The Labute approximate surface area is 150 Å². The van der Waals surface area contributed by atoms with E-state index in [1.807, 2.05) is 4.90 Å². The summed E-state index contributed by atoms with van der Waals surface area (Å²) in [7, 11) is 2.06. The van der Waals surface area contributed by atoms with Gasteiger partial charge in [-0.25, -0.2) is 0 Å². The summed E-state index contributed by atoms with van der Waals surface area (Å²) >= 11 is 0. The van der Waals surface area contributed by atoms with Crippen molar-refractivity contribution in [2.75, 3.05) is 33.2 Å². The average molecular weight is 339 g/mol. The maximum Gasteiger partial charge on any atom is 0.239 e. The van der Waals surface area contributed by atoms with Crippen molar-refractivity contribution in [1.29, 1.82) is 0 Å². The Kier molecular flexibility index (Phi) is 6.05. The summed E-state index contributed by atoms with van der Waals surface area (Å²) in [5.74, 6) is 0.284. The van der Waals surface area contributed by atoms with Crippen LogP contribution in [-0.4, -0.2) is 55.0 Å². The molecule has 134 valence electrons. The van der Waals surface area contributed by atoms with Crippen LogP contribution in [0.15, 0.2) is 42.5 Å². The molecule has 0 bridgehead atoms. The minimum absolute atomic E-state index is 0.0249. The molecule has 1 saturated heterocycles. The summed E-state index contributed by atoms with van der Waals surface area (Å²) < 4.78 is 0. The van der Waals surface area contributed by atoms with Crippen LogP contribution < -0.4 is 5.73 Å². The maximum atomic E-state index is 12.8. The zero-order chi connectivity index (χ0) is 17.6. The van der Waals surface area contributed by atoms with Gasteiger partial charge in [0.15, 0.2) is 0 Å². The summed E-state index contributed by atoms with van der Waals surface area (Å²) in [6.45, 7) is 3.29. The van der Waals surface area contributed by atoms with Crippen LogP contribution in [-0.2, 0) is 11.2 Å². The monoisotopic (exact) mass is 339 g/mol. The molecule has 0 aliphatic carbocycles. The van der Waals surface area contributed by atoms with Gasteiger partial charge < -0.3 is 10.6 Å². The van der Waals surface area contributed by atoms with Crippen molar-refractivity contribution >= 4 is 16.7 Å². The first kappa shape index (κ1) is 17.9. The van der Waals surface area contributed by atoms with Gasteiger partial charge in [-0.05, 0) is 49.2 Å². The number of carbonyl (C=O) groups excluding carboxylic acids is 1. The van der Waals surface area contributed by atoms with Crippen LogP contribution in [0.1, 0.15) is 24.8 Å². The van der Waals surface area contributed by atoms with E-state index in [9.17, 15) is 4.79 Å². The number of hydrogen-bond donors (Lipinski definition) is 1. The Balaban J connectivity index is 1.60. The third-order valence-electron chi connectivity index (χ3n) is 5.27. The fourth-order valence-corrected chi connectivity index (χ4v) is 3.65. The third-order valence-corrected chi connectivity index (χ3v) is 5.27. The van der Waals surface area contributed by atoms with E-state index in [1.165, 1.54) is 16.3 Å². The lowest BCUT2D eigenvalue weighted by Gasteiger charge is -2.39. The van der Waals surface area contributed by atoms with Gasteiger partial charge in [-0.2, -0.15) is 0 Å². The Bertz CT molecular complexity index is 715. The molecule has 1 heterocycles. The quantitative estimate of drug-likeness (QED) is 0.789. The Hall–Kier alpha value is -1.91. The SMILES string of the molecule is CN1CCN(CCc2ccc3ccccc3c2)C(=O)[C@@H]1CCCCN. The van der Waals surface area contributed by atoms with Crippen LogP contribution in [0.3, 0.4) is 0 Å². The number of unbranched alkanes of at least 4 members (excludes halogenated alkanes) is 1. The zero-order valence-corrected chi connectivity index (χ0v) is 15.2. The topological polar surface area (TPSA) is 49.6 Å². The van der Waals surface area contributed by atoms with Crippen molar-refractivity contribution in [2.45, 2.75) is 31.7 Å². The van der Waals surface area contributed by atoms with Gasteiger partial charge in [0, 0.05) is 19.6 Å². The van der Waals surface area contributed by atoms with Crippen molar-refractivity contribution < 1.29 is 4.79 Å². The highest BCUT2D eigenvalue weighted by molar-refractivity contribution is 5.83. The highest BCUT2D eigenvalue weighted by Crippen LogP contribution is 2.18. The Morgan fingerprint density at radius 1 is 1.08 bits per heavy atom. The van der Waals surface area contributed by atoms with Crippen molar-refractivity contribution in [3.8, 4) is 0 Å². The van der Waals surface area contributed by atoms with Crippen molar-refractivity contribution in [3.05, 3.63) is 48.0 Å². The fraction of sp³-hybridized carbons (Fsp3) is 0.476. The van der Waals surface area contributed by atoms with Gasteiger partial charge >= 0.3 is 0 Å². The van der Waals surface area contributed by atoms with E-state index in [2.05, 4.69) is 54.4 Å². The number of hydrogen-bond acceptors (Lipinski definition) is 3. The highest BCUT2D eigenvalue weighted by Gasteiger charge is 2.31. The Morgan fingerprint density at radius 3 is 2.68 bits per heavy atom. The molecule has 0 radical (unpaired) electrons. The van der Waals surface area contributed by atoms with Gasteiger partial charge in [-0.1, -0.05) is 48.9 Å². The molecule has 2 aromatic rings. The number of rotatable bonds is 7. The van der Waals surface area contributed by atoms with E-state index in [0.717, 1.165) is 45.3 Å². The number of nitrogens with two attached hydrogens (primary N) is 1. The van der Waals surface area contributed by atoms with E-state index in [0.29, 0.717) is 6.54 Å². The lowest BCUT2D eigenvalue weighted by molar-refractivity contribution is -0.141. The minimum atomic E-state index is 0.0249. The van der Waals surface area contributed by atoms with Gasteiger partial charge in [-0.3, -0.25) is 9.69 Å². The van der Waals surface area contributed by atoms with Gasteiger partial charge in [0.2, 0.25) is 5.91 Å². The first-order chi connectivity index (χ1) is 12.2. The van der Waals surface area contributed by atoms with Crippen LogP contribution in [0, 0.1) is 0 Å². The number of amides is 1. The predicted octanol–water partition coefficient (Wildman–Crippen LogP) is 2.65. The number of piperazine rings is 1. The number of nitrogens with zero attached hydrogens (tertiary/aromatic N) is 2. The second-order valence-corrected chi connectivity index (χ2v) is 7.04. The lowest BCUT2D eigenvalue weighted by atomic mass is 10.0. The van der Waals surface area contributed by atoms with Crippen LogP contribution in [0.4, 0.5) is 0 Å². The number of benzene rings is 2. The standard InChI is InChI=1S/C21H29N3O/c1-23-14-15-24(21(25)20(23)8-4-5-12-22)13-11-17-9-10-18-6-2-3-7-19(18)16-17/h2-3,6-7,9-10,16,20H,4-5,8,11-15,22H2,1H3/t20-/m0/s1. The largest absolute Gasteiger partial charge is 0.340 e. The van der Waals surface area contributed by atoms with Gasteiger partial charge in [-0.15, -0.1) is 0 Å². The molecule has 1 fully saturated rings. The molecule has 0 spiro atoms. The summed E-state index contributed by atoms with van der Waals surface area (Å²) in [6, 6.07) is 15.0. The number of likely N-dealkylation sites (N-methyl/N-ethyl adjacent to an activating group) is 1. The second-order valence-electron chi connectivity index (χ2n) is 7.04. The normalized spacial score (nSPS) is 18.9. The van der Waals surface area contributed by atoms with E-state index < -0.39 is 0 Å². The van der Waals surface area contributed by atoms with Gasteiger partial charge in [0.25, 0.3) is 0 Å². The molecule has 0 saturated carbocycles. The molecular weight excluding hydrogens is 310 g/mol. The molecule has 1 aliphatic rings. The third kappa shape index (κ3) is 4.39. The van der Waals surface area contributed by atoms with Gasteiger partial charge in [0.05, 0.1) is 6.04 Å². The fourth-order valence-electron chi connectivity index (χ4n) is 3.65. The molecule has 1 aliphatic heterocycles. The van der Waals surface area contributed by atoms with Crippen molar-refractivity contribution in [2.24, 2.45) is 5.73 Å². The average Bonchev–Trinajstić information content (AvgIpc) is 2.63. The minimum Gasteiger partial charge on any atom is -0.340 e. The van der Waals surface area contributed by atoms with Crippen LogP contribution in [0.5, 0.6) is 0 Å². The molecular formula is C21H29N3O. The van der Waals surface area contributed by atoms with Gasteiger partial charge in [0.1, 0.15) is 0 Å². The number of carbonyl (C=O) groups is 1. The summed E-state index contributed by atoms with van der Waals surface area (Å²) in [5.41, 5.74) is 6.88. The molecule has 3 rings (SSSR count). The van der Waals surface area contributed by atoms with Crippen LogP contribution in [0.25, 0.3) is 10.8 Å². The van der Waals surface area contributed by atoms with Crippen molar-refractivity contribution in [1.82, 2.24) is 9.80 Å². The predicted molar refractivity (Wildman–Crippen MR) is 104 cm³/mol. The second kappa shape index (κ2) is 8.45. The summed E-state index contributed by atoms with van der Waals surface area (Å²) in [5, 5.41) is 2.53. The molecule has 4 heteroatoms. The molecule has 0 unspecified atom stereocenters. The lowest BCUT2D eigenvalue weighted by Crippen LogP contribution is -2.55. The molecule has 4 nitrogen and oxygen atoms in total. The first-order valence-corrected chi connectivity index (χ1v) is 9.36. The number of fused-ring (bicyclic) bond motifs is 1. The molecule has 2 aromatic carbocycles. The van der Waals surface area contributed by atoms with E-state index in [4.69, 9.17) is 5.73 Å². The highest BCUT2D eigenvalue weighted by atomic mass is 16.2. The Morgan fingerprint density at radius 2 is 1.88 bits per heavy atom. The molecule has 25 heavy (non-hydrogen) atoms. The van der Waals surface area contributed by atoms with Crippen LogP contribution >= 0.6 is 0 Å². The molecule has 0 aromatic heterocycles. The van der Waals surface area contributed by atoms with E-state index in [-0.39, 0.29) is 11.9 Å². The molecule has 2 N–H and O–H groups in total. The summed E-state index contributed by atoms with van der Waals surface area (Å²) in [6.07, 6.45) is 3.85. The smallest absolute Gasteiger partial charge is 0.239 e. The van der Waals surface area contributed by atoms with Crippen molar-refractivity contribution in [3.63, 3.8) is 0 Å². The maximum absolute atomic E-state index is 12.8. The molecule has 1 amide bonds. The van der Waals surface area contributed by atoms with E-state index in [1.54, 1.807) is 0 Å².